The molecule has 4 unspecified atom stereocenters. The lowest BCUT2D eigenvalue weighted by Crippen LogP contribution is -2.56. The molecule has 3 N–H and O–H groups in total. The monoisotopic (exact) mass is 624 g/mol. The SMILES string of the molecule is CNC(C)C(=O)NC(Cc1ccc(OS(=O)(=O)C(F)(F)F)cc1)C(=O)N1CCCC1C(=O)NC1CCCc2ccccc21. The van der Waals surface area contributed by atoms with Crippen LogP contribution in [0.15, 0.2) is 48.5 Å². The van der Waals surface area contributed by atoms with E-state index in [1.54, 1.807) is 14.0 Å². The van der Waals surface area contributed by atoms with E-state index in [4.69, 9.17) is 0 Å². The van der Waals surface area contributed by atoms with Gasteiger partial charge in [0.25, 0.3) is 0 Å². The van der Waals surface area contributed by atoms with Gasteiger partial charge < -0.3 is 25.0 Å². The van der Waals surface area contributed by atoms with E-state index in [-0.39, 0.29) is 18.4 Å². The van der Waals surface area contributed by atoms with Crippen LogP contribution < -0.4 is 20.1 Å². The fourth-order valence-electron chi connectivity index (χ4n) is 5.39. The Morgan fingerprint density at radius 2 is 1.74 bits per heavy atom. The number of likely N-dealkylation sites (N-methyl/N-ethyl adjacent to an activating group) is 1. The van der Waals surface area contributed by atoms with E-state index in [0.717, 1.165) is 37.0 Å². The standard InChI is InChI=1S/C29H35F3N4O6S/c1-18(33-2)26(37)35-24(17-19-12-14-21(15-13-19)42-43(40,41)29(30,31)32)28(39)36-16-6-11-25(36)27(38)34-23-10-5-8-20-7-3-4-9-22(20)23/h3-4,7,9,12-15,18,23-25,33H,5-6,8,10-11,16-17H2,1-2H3,(H,34,38)(H,35,37). The summed E-state index contributed by atoms with van der Waals surface area (Å²) in [4.78, 5) is 41.6. The largest absolute Gasteiger partial charge is 0.534 e. The molecule has 4 rings (SSSR count). The smallest absolute Gasteiger partial charge is 0.376 e. The molecule has 1 saturated heterocycles. The summed E-state index contributed by atoms with van der Waals surface area (Å²) in [6, 6.07) is 10.0. The molecule has 2 aromatic rings. The lowest BCUT2D eigenvalue weighted by Gasteiger charge is -2.32. The van der Waals surface area contributed by atoms with Gasteiger partial charge >= 0.3 is 15.6 Å². The number of alkyl halides is 3. The predicted octanol–water partition coefficient (Wildman–Crippen LogP) is 2.74. The summed E-state index contributed by atoms with van der Waals surface area (Å²) in [5, 5.41) is 8.64. The van der Waals surface area contributed by atoms with Gasteiger partial charge in [-0.25, -0.2) is 0 Å². The quantitative estimate of drug-likeness (QED) is 0.274. The van der Waals surface area contributed by atoms with Crippen molar-refractivity contribution in [3.05, 3.63) is 65.2 Å². The number of carbonyl (C=O) groups is 3. The molecule has 0 spiro atoms. The van der Waals surface area contributed by atoms with Gasteiger partial charge in [-0.05, 0) is 74.9 Å². The highest BCUT2D eigenvalue weighted by Crippen LogP contribution is 2.31. The average Bonchev–Trinajstić information content (AvgIpc) is 3.47. The number of hydrogen-bond donors (Lipinski definition) is 3. The van der Waals surface area contributed by atoms with E-state index in [2.05, 4.69) is 20.1 Å². The number of aryl methyl sites for hydroxylation is 1. The van der Waals surface area contributed by atoms with Crippen molar-refractivity contribution < 1.29 is 40.2 Å². The Bertz CT molecular complexity index is 1430. The molecule has 2 aromatic carbocycles. The molecule has 14 heteroatoms. The molecule has 1 aliphatic carbocycles. The lowest BCUT2D eigenvalue weighted by molar-refractivity contribution is -0.141. The molecule has 1 heterocycles. The Balaban J connectivity index is 1.50. The minimum atomic E-state index is -5.84. The summed E-state index contributed by atoms with van der Waals surface area (Å²) < 4.78 is 64.8. The highest BCUT2D eigenvalue weighted by atomic mass is 32.2. The minimum absolute atomic E-state index is 0.0614. The molecule has 1 aliphatic heterocycles. The zero-order valence-electron chi connectivity index (χ0n) is 23.8. The van der Waals surface area contributed by atoms with Crippen molar-refractivity contribution in [3.8, 4) is 5.75 Å². The summed E-state index contributed by atoms with van der Waals surface area (Å²) in [6.07, 6.45) is 3.65. The summed E-state index contributed by atoms with van der Waals surface area (Å²) in [7, 11) is -4.26. The molecule has 43 heavy (non-hydrogen) atoms. The first kappa shape index (κ1) is 32.3. The molecular weight excluding hydrogens is 589 g/mol. The zero-order valence-corrected chi connectivity index (χ0v) is 24.6. The molecule has 4 atom stereocenters. The van der Waals surface area contributed by atoms with E-state index in [1.807, 2.05) is 24.3 Å². The lowest BCUT2D eigenvalue weighted by atomic mass is 9.87. The second kappa shape index (κ2) is 13.3. The fraction of sp³-hybridized carbons (Fsp3) is 0.483. The Morgan fingerprint density at radius 3 is 2.42 bits per heavy atom. The Morgan fingerprint density at radius 1 is 1.05 bits per heavy atom. The molecule has 0 aromatic heterocycles. The Labute approximate surface area is 248 Å². The zero-order chi connectivity index (χ0) is 31.4. The Hall–Kier alpha value is -3.65. The minimum Gasteiger partial charge on any atom is -0.376 e. The molecule has 2 aliphatic rings. The fourth-order valence-corrected chi connectivity index (χ4v) is 5.85. The van der Waals surface area contributed by atoms with Gasteiger partial charge in [-0.15, -0.1) is 0 Å². The normalized spacial score (nSPS) is 20.1. The molecule has 1 fully saturated rings. The van der Waals surface area contributed by atoms with Crippen LogP contribution in [0.5, 0.6) is 5.75 Å². The first-order valence-corrected chi connectivity index (χ1v) is 15.5. The number of hydrogen-bond acceptors (Lipinski definition) is 7. The maximum Gasteiger partial charge on any atom is 0.534 e. The van der Waals surface area contributed by atoms with Crippen LogP contribution in [-0.2, 0) is 37.3 Å². The van der Waals surface area contributed by atoms with Crippen molar-refractivity contribution in [3.63, 3.8) is 0 Å². The second-order valence-electron chi connectivity index (χ2n) is 10.7. The van der Waals surface area contributed by atoms with Gasteiger partial charge in [0, 0.05) is 13.0 Å². The third kappa shape index (κ3) is 7.66. The highest BCUT2D eigenvalue weighted by Gasteiger charge is 2.48. The molecular formula is C29H35F3N4O6S. The molecule has 10 nitrogen and oxygen atoms in total. The summed E-state index contributed by atoms with van der Waals surface area (Å²) in [6.45, 7) is 1.92. The first-order chi connectivity index (χ1) is 20.3. The van der Waals surface area contributed by atoms with Crippen LogP contribution in [-0.4, -0.2) is 68.3 Å². The third-order valence-corrected chi connectivity index (χ3v) is 8.80. The number of fused-ring (bicyclic) bond motifs is 1. The predicted molar refractivity (Wildman–Crippen MR) is 151 cm³/mol. The van der Waals surface area contributed by atoms with Gasteiger partial charge in [0.15, 0.2) is 0 Å². The Kier molecular flexibility index (Phi) is 10.0. The van der Waals surface area contributed by atoms with Gasteiger partial charge in [0.05, 0.1) is 12.1 Å². The van der Waals surface area contributed by atoms with Crippen LogP contribution in [0.4, 0.5) is 13.2 Å². The van der Waals surface area contributed by atoms with Crippen LogP contribution in [0.1, 0.15) is 55.3 Å². The van der Waals surface area contributed by atoms with Gasteiger partial charge in [-0.2, -0.15) is 21.6 Å². The van der Waals surface area contributed by atoms with Crippen LogP contribution in [0, 0.1) is 0 Å². The van der Waals surface area contributed by atoms with Crippen molar-refractivity contribution >= 4 is 27.8 Å². The number of halogens is 3. The molecule has 0 bridgehead atoms. The van der Waals surface area contributed by atoms with E-state index < -0.39 is 51.3 Å². The number of amides is 3. The van der Waals surface area contributed by atoms with E-state index in [9.17, 15) is 36.0 Å². The molecule has 234 valence electrons. The van der Waals surface area contributed by atoms with E-state index in [0.29, 0.717) is 24.9 Å². The van der Waals surface area contributed by atoms with Gasteiger partial charge in [0.2, 0.25) is 17.7 Å². The number of likely N-dealkylation sites (tertiary alicyclic amines) is 1. The average molecular weight is 625 g/mol. The van der Waals surface area contributed by atoms with Crippen LogP contribution >= 0.6 is 0 Å². The summed E-state index contributed by atoms with van der Waals surface area (Å²) >= 11 is 0. The first-order valence-electron chi connectivity index (χ1n) is 14.1. The molecule has 0 radical (unpaired) electrons. The van der Waals surface area contributed by atoms with E-state index >= 15 is 0 Å². The second-order valence-corrected chi connectivity index (χ2v) is 12.3. The third-order valence-electron chi connectivity index (χ3n) is 7.82. The number of rotatable bonds is 10. The number of nitrogens with one attached hydrogen (secondary N) is 3. The van der Waals surface area contributed by atoms with Crippen molar-refractivity contribution in [2.45, 2.75) is 75.1 Å². The van der Waals surface area contributed by atoms with Gasteiger partial charge in [0.1, 0.15) is 17.8 Å². The van der Waals surface area contributed by atoms with Crippen molar-refractivity contribution in [1.29, 1.82) is 0 Å². The maximum absolute atomic E-state index is 13.8. The van der Waals surface area contributed by atoms with Crippen LogP contribution in [0.3, 0.4) is 0 Å². The van der Waals surface area contributed by atoms with E-state index in [1.165, 1.54) is 22.6 Å². The number of carbonyl (C=O) groups excluding carboxylic acids is 3. The van der Waals surface area contributed by atoms with Crippen molar-refractivity contribution in [1.82, 2.24) is 20.9 Å². The maximum atomic E-state index is 13.8. The number of nitrogens with zero attached hydrogens (tertiary/aromatic N) is 1. The van der Waals surface area contributed by atoms with Crippen molar-refractivity contribution in [2.24, 2.45) is 0 Å². The van der Waals surface area contributed by atoms with Crippen LogP contribution in [0.2, 0.25) is 0 Å². The summed E-state index contributed by atoms with van der Waals surface area (Å²) in [5.74, 6) is -1.76. The van der Waals surface area contributed by atoms with Gasteiger partial charge in [-0.3, -0.25) is 14.4 Å². The molecule has 0 saturated carbocycles. The molecule has 3 amide bonds. The number of benzene rings is 2. The van der Waals surface area contributed by atoms with Crippen LogP contribution in [0.25, 0.3) is 0 Å². The highest BCUT2D eigenvalue weighted by molar-refractivity contribution is 7.88. The van der Waals surface area contributed by atoms with Crippen molar-refractivity contribution in [2.75, 3.05) is 13.6 Å². The van der Waals surface area contributed by atoms with Gasteiger partial charge in [-0.1, -0.05) is 36.4 Å². The topological polar surface area (TPSA) is 134 Å². The summed E-state index contributed by atoms with van der Waals surface area (Å²) in [5.41, 5.74) is -2.91.